The van der Waals surface area contributed by atoms with Crippen LogP contribution in [0.1, 0.15) is 64.2 Å². The number of hydrogen-bond acceptors (Lipinski definition) is 16. The average Bonchev–Trinajstić information content (AvgIpc) is 0.810. The Bertz CT molecular complexity index is 3160. The second-order valence-corrected chi connectivity index (χ2v) is 31.7. The third kappa shape index (κ3) is 22.9. The molecule has 0 radical (unpaired) electrons. The smallest absolute Gasteiger partial charge is 0.328 e. The Labute approximate surface area is 559 Å². The largest absolute Gasteiger partial charge is 0.468 e. The Hall–Kier alpha value is -7.97. The van der Waals surface area contributed by atoms with Gasteiger partial charge in [-0.2, -0.15) is 0 Å². The summed E-state index contributed by atoms with van der Waals surface area (Å²) < 4.78 is 19.6. The lowest BCUT2D eigenvalue weighted by molar-refractivity contribution is -0.146. The Kier molecular flexibility index (Phi) is 32.2. The Balaban J connectivity index is 1.03. The van der Waals surface area contributed by atoms with Crippen molar-refractivity contribution in [3.05, 3.63) is 182 Å². The van der Waals surface area contributed by atoms with Crippen molar-refractivity contribution in [1.29, 1.82) is 0 Å². The number of amides is 6. The monoisotopic (exact) mass is 1360 g/mol. The van der Waals surface area contributed by atoms with Gasteiger partial charge >= 0.3 is 17.9 Å². The Morgan fingerprint density at radius 1 is 0.394 bits per heavy atom. The van der Waals surface area contributed by atoms with Crippen LogP contribution in [0.4, 0.5) is 0 Å². The lowest BCUT2D eigenvalue weighted by Crippen LogP contribution is -2.50. The quantitative estimate of drug-likeness (QED) is 0.00672. The van der Waals surface area contributed by atoms with Crippen LogP contribution in [0.5, 0.6) is 0 Å². The first-order valence-corrected chi connectivity index (χ1v) is 37.5. The maximum absolute atomic E-state index is 13.6. The van der Waals surface area contributed by atoms with E-state index in [1.165, 1.54) is 53.2 Å². The van der Waals surface area contributed by atoms with Crippen LogP contribution in [0.25, 0.3) is 0 Å². The van der Waals surface area contributed by atoms with Gasteiger partial charge in [0.05, 0.1) is 40.2 Å². The molecule has 0 bridgehead atoms. The first-order valence-electron chi connectivity index (χ1n) is 31.1. The molecule has 6 amide bonds. The molecule has 0 aliphatic heterocycles. The zero-order valence-corrected chi connectivity index (χ0v) is 56.9. The van der Waals surface area contributed by atoms with E-state index in [0.29, 0.717) is 25.7 Å². The van der Waals surface area contributed by atoms with Crippen molar-refractivity contribution in [3.8, 4) is 0 Å². The van der Waals surface area contributed by atoms with Gasteiger partial charge in [-0.1, -0.05) is 131 Å². The van der Waals surface area contributed by atoms with Crippen LogP contribution in [-0.4, -0.2) is 154 Å². The van der Waals surface area contributed by atoms with Crippen LogP contribution in [0.3, 0.4) is 0 Å². The lowest BCUT2D eigenvalue weighted by Gasteiger charge is -2.27. The number of rotatable bonds is 40. The highest BCUT2D eigenvalue weighted by atomic mass is 33.1. The van der Waals surface area contributed by atoms with Crippen LogP contribution in [0.2, 0.25) is 0 Å². The molecule has 94 heavy (non-hydrogen) atoms. The third-order valence-electron chi connectivity index (χ3n) is 15.7. The number of aliphatic hydroxyl groups is 1. The van der Waals surface area contributed by atoms with Gasteiger partial charge in [0.15, 0.2) is 6.29 Å². The minimum atomic E-state index is -2.15. The van der Waals surface area contributed by atoms with Gasteiger partial charge in [0.1, 0.15) is 77.1 Å². The van der Waals surface area contributed by atoms with Crippen molar-refractivity contribution < 1.29 is 67.2 Å². The molecule has 0 fully saturated rings. The second-order valence-electron chi connectivity index (χ2n) is 21.9. The first kappa shape index (κ1) is 75.1. The molecule has 5 atom stereocenters. The van der Waals surface area contributed by atoms with Gasteiger partial charge in [0, 0.05) is 44.3 Å². The highest BCUT2D eigenvalue weighted by Gasteiger charge is 2.46. The zero-order valence-electron chi connectivity index (χ0n) is 53.5. The normalized spacial score (nSPS) is 12.9. The van der Waals surface area contributed by atoms with E-state index in [9.17, 15) is 48.3 Å². The Morgan fingerprint density at radius 3 is 0.989 bits per heavy atom. The molecule has 0 aliphatic carbocycles. The van der Waals surface area contributed by atoms with Gasteiger partial charge in [-0.3, -0.25) is 33.6 Å². The summed E-state index contributed by atoms with van der Waals surface area (Å²) in [4.78, 5) is 120. The minimum absolute atomic E-state index is 0.0947. The van der Waals surface area contributed by atoms with E-state index in [1.54, 1.807) is 0 Å². The van der Waals surface area contributed by atoms with Gasteiger partial charge in [0.2, 0.25) is 35.4 Å². The number of aliphatic hydroxyl groups excluding tert-OH is 1. The summed E-state index contributed by atoms with van der Waals surface area (Å²) in [5.41, 5.74) is 0. The molecule has 0 aromatic heterocycles. The van der Waals surface area contributed by atoms with E-state index in [2.05, 4.69) is 109 Å². The highest BCUT2D eigenvalue weighted by molar-refractivity contribution is 8.76. The van der Waals surface area contributed by atoms with Crippen LogP contribution >= 0.6 is 36.1 Å². The van der Waals surface area contributed by atoms with Gasteiger partial charge in [-0.05, 0) is 111 Å². The number of ether oxygens (including phenoxy) is 4. The summed E-state index contributed by atoms with van der Waals surface area (Å²) in [7, 11) is 2.52. The van der Waals surface area contributed by atoms with E-state index in [1.807, 2.05) is 109 Å². The summed E-state index contributed by atoms with van der Waals surface area (Å²) in [6.45, 7) is -0.855. The summed E-state index contributed by atoms with van der Waals surface area (Å²) >= 11 is 0. The molecule has 3 unspecified atom stereocenters. The minimum Gasteiger partial charge on any atom is -0.468 e. The van der Waals surface area contributed by atoms with Gasteiger partial charge in [-0.25, -0.2) is 9.59 Å². The fraction of sp³-hybridized carbons (Fsp3) is 0.357. The number of carbonyl (C=O) groups excluding carboxylic acids is 9. The molecule has 6 aromatic carbocycles. The average molecular weight is 1360 g/mol. The summed E-state index contributed by atoms with van der Waals surface area (Å²) in [5, 5.41) is 33.1. The molecule has 20 nitrogen and oxygen atoms in total. The predicted molar refractivity (Wildman–Crippen MR) is 374 cm³/mol. The highest BCUT2D eigenvalue weighted by Crippen LogP contribution is 2.57. The van der Waals surface area contributed by atoms with E-state index in [-0.39, 0.29) is 56.6 Å². The van der Waals surface area contributed by atoms with Gasteiger partial charge < -0.3 is 56.0 Å². The van der Waals surface area contributed by atoms with E-state index < -0.39 is 105 Å². The van der Waals surface area contributed by atoms with Crippen LogP contribution in [-0.2, 0) is 62.1 Å². The molecule has 0 saturated heterocycles. The fourth-order valence-corrected chi connectivity index (χ4v) is 21.9. The summed E-state index contributed by atoms with van der Waals surface area (Å²) in [6.07, 6.45) is 1.77. The second kappa shape index (κ2) is 40.3. The van der Waals surface area contributed by atoms with Crippen LogP contribution in [0, 0.1) is 0 Å². The van der Waals surface area contributed by atoms with Crippen molar-refractivity contribution in [3.63, 3.8) is 0 Å². The van der Waals surface area contributed by atoms with Crippen molar-refractivity contribution in [2.24, 2.45) is 0 Å². The summed E-state index contributed by atoms with van der Waals surface area (Å²) in [5.74, 6) is -6.17. The van der Waals surface area contributed by atoms with Crippen molar-refractivity contribution >= 4 is 121 Å². The zero-order chi connectivity index (χ0) is 67.6. The molecule has 0 aliphatic rings. The topological polar surface area (TPSA) is 283 Å². The standard InChI is InChI=1S/C70H84N6O14P2S2/c1-87-65(81)47-71-67(83)59(75-63(79)43-41-57(69(85)89-3)73-61(77)39-23-25-45-91(51-27-11-5-12-28-51,52-29-13-6-14-30-52)53-31-15-7-16-32-53)49-93-94-50-60(68(84)72-48-66(82)88-2)76-64(80)44-42-58(70(86)90-4)74-62(78)40-24-26-46-92(54-33-17-8-18-34-54,55-35-19-9-20-36-55)56-37-21-10-22-38-56/h5-22,27-38,57-60,65,81H,23-26,39-50H2,1-4H3,(H4-2,71,72,73,74,75,76,77,78,79,80,83,84)/p+2/t57?,58?,59-,60-,65?/m0/s1. The SMILES string of the molecule is COC(=O)CNC(=O)[C@H](CSSC[C@H](NC(=O)CCC(NC(=O)CCCC[P+](c1ccccc1)(c1ccccc1)c1ccccc1)C(=O)OC)C(=O)NCC(O)OC)NC(=O)CCC(NC(=O)CCCC[P+](c1ccccc1)(c1ccccc1)c1ccccc1)C(=O)OC. The molecule has 0 saturated carbocycles. The molecular formula is C70H86N6O14P2S2+2. The third-order valence-corrected chi connectivity index (χ3v) is 27.1. The van der Waals surface area contributed by atoms with Crippen molar-refractivity contribution in [1.82, 2.24) is 31.9 Å². The first-order chi connectivity index (χ1) is 45.6. The van der Waals surface area contributed by atoms with Gasteiger partial charge in [-0.15, -0.1) is 0 Å². The van der Waals surface area contributed by atoms with Crippen LogP contribution < -0.4 is 63.7 Å². The Morgan fingerprint density at radius 2 is 0.691 bits per heavy atom. The molecule has 0 heterocycles. The molecule has 0 spiro atoms. The molecule has 6 aromatic rings. The molecule has 500 valence electrons. The number of benzene rings is 6. The van der Waals surface area contributed by atoms with Gasteiger partial charge in [0.25, 0.3) is 0 Å². The van der Waals surface area contributed by atoms with E-state index in [4.69, 9.17) is 14.2 Å². The maximum atomic E-state index is 13.6. The number of hydrogen-bond donors (Lipinski definition) is 7. The number of carbonyl (C=O) groups is 9. The lowest BCUT2D eigenvalue weighted by atomic mass is 10.1. The van der Waals surface area contributed by atoms with E-state index >= 15 is 0 Å². The summed E-state index contributed by atoms with van der Waals surface area (Å²) in [6, 6.07) is 57.4. The number of methoxy groups -OCH3 is 4. The molecule has 6 rings (SSSR count). The number of nitrogens with one attached hydrogen (secondary N) is 6. The van der Waals surface area contributed by atoms with Crippen molar-refractivity contribution in [2.75, 3.05) is 65.4 Å². The molecule has 7 N–H and O–H groups in total. The van der Waals surface area contributed by atoms with E-state index in [0.717, 1.165) is 41.0 Å². The maximum Gasteiger partial charge on any atom is 0.328 e. The molecular weight excluding hydrogens is 1270 g/mol. The molecule has 24 heteroatoms. The van der Waals surface area contributed by atoms with Crippen LogP contribution in [0.15, 0.2) is 182 Å². The predicted octanol–water partition coefficient (Wildman–Crippen LogP) is 4.91. The fourth-order valence-electron chi connectivity index (χ4n) is 10.8. The van der Waals surface area contributed by atoms with Crippen molar-refractivity contribution in [2.45, 2.75) is 94.7 Å². The number of esters is 3. The number of unbranched alkanes of at least 4 members (excludes halogenated alkanes) is 2.